The molecule has 0 radical (unpaired) electrons. The second-order valence-corrected chi connectivity index (χ2v) is 5.16. The minimum atomic E-state index is -0.233. The summed E-state index contributed by atoms with van der Waals surface area (Å²) in [6, 6.07) is 8.34. The molecule has 110 valence electrons. The van der Waals surface area contributed by atoms with Crippen LogP contribution in [0, 0.1) is 6.92 Å². The third-order valence-electron chi connectivity index (χ3n) is 3.74. The first-order chi connectivity index (χ1) is 9.72. The first-order valence-corrected chi connectivity index (χ1v) is 7.42. The Balaban J connectivity index is 1.82. The zero-order valence-corrected chi connectivity index (χ0v) is 12.4. The summed E-state index contributed by atoms with van der Waals surface area (Å²) >= 11 is 0. The summed E-state index contributed by atoms with van der Waals surface area (Å²) in [6.45, 7) is 7.36. The average Bonchev–Trinajstić information content (AvgIpc) is 2.99. The molecule has 2 rings (SSSR count). The molecule has 1 fully saturated rings. The molecule has 1 atom stereocenters. The van der Waals surface area contributed by atoms with Crippen LogP contribution in [0.4, 0.5) is 5.69 Å². The Kier molecular flexibility index (Phi) is 5.41. The zero-order chi connectivity index (χ0) is 14.4. The van der Waals surface area contributed by atoms with Gasteiger partial charge in [0.25, 0.3) is 0 Å². The van der Waals surface area contributed by atoms with Gasteiger partial charge in [0.15, 0.2) is 0 Å². The fourth-order valence-electron chi connectivity index (χ4n) is 2.58. The lowest BCUT2D eigenvalue weighted by atomic mass is 10.2. The van der Waals surface area contributed by atoms with E-state index in [1.165, 1.54) is 11.3 Å². The van der Waals surface area contributed by atoms with Gasteiger partial charge in [0.2, 0.25) is 5.91 Å². The number of ether oxygens (including phenoxy) is 1. The standard InChI is InChI=1S/C16H24N2O2/c1-3-18(14-8-5-4-7-13(14)2)11-10-17-16(19)15-9-6-12-20-15/h4-5,7-8,15H,3,6,9-12H2,1-2H3,(H,17,19)/t15-/m1/s1. The number of carbonyl (C=O) groups is 1. The van der Waals surface area contributed by atoms with Gasteiger partial charge < -0.3 is 15.0 Å². The monoisotopic (exact) mass is 276 g/mol. The summed E-state index contributed by atoms with van der Waals surface area (Å²) in [7, 11) is 0. The summed E-state index contributed by atoms with van der Waals surface area (Å²) in [5, 5.41) is 2.97. The third-order valence-corrected chi connectivity index (χ3v) is 3.74. The van der Waals surface area contributed by atoms with Crippen molar-refractivity contribution in [3.63, 3.8) is 0 Å². The van der Waals surface area contributed by atoms with Crippen LogP contribution >= 0.6 is 0 Å². The Bertz CT molecular complexity index is 442. The molecule has 4 nitrogen and oxygen atoms in total. The van der Waals surface area contributed by atoms with Crippen LogP contribution in [-0.2, 0) is 9.53 Å². The molecule has 20 heavy (non-hydrogen) atoms. The molecule has 1 saturated heterocycles. The fraction of sp³-hybridized carbons (Fsp3) is 0.562. The summed E-state index contributed by atoms with van der Waals surface area (Å²) in [5.74, 6) is 0.0309. The highest BCUT2D eigenvalue weighted by Crippen LogP contribution is 2.18. The maximum atomic E-state index is 11.9. The maximum Gasteiger partial charge on any atom is 0.249 e. The van der Waals surface area contributed by atoms with Gasteiger partial charge in [0.05, 0.1) is 0 Å². The smallest absolute Gasteiger partial charge is 0.249 e. The van der Waals surface area contributed by atoms with Crippen LogP contribution in [0.3, 0.4) is 0 Å². The molecule has 0 spiro atoms. The molecule has 4 heteroatoms. The van der Waals surface area contributed by atoms with Gasteiger partial charge in [0, 0.05) is 31.9 Å². The number of anilines is 1. The molecule has 0 aromatic heterocycles. The molecule has 1 aromatic carbocycles. The van der Waals surface area contributed by atoms with E-state index in [9.17, 15) is 4.79 Å². The van der Waals surface area contributed by atoms with Crippen molar-refractivity contribution in [3.05, 3.63) is 29.8 Å². The minimum absolute atomic E-state index is 0.0309. The van der Waals surface area contributed by atoms with E-state index in [1.54, 1.807) is 0 Å². The molecule has 0 aliphatic carbocycles. The van der Waals surface area contributed by atoms with E-state index in [2.05, 4.69) is 42.3 Å². The highest BCUT2D eigenvalue weighted by Gasteiger charge is 2.23. The lowest BCUT2D eigenvalue weighted by Crippen LogP contribution is -2.39. The van der Waals surface area contributed by atoms with E-state index >= 15 is 0 Å². The number of nitrogens with zero attached hydrogens (tertiary/aromatic N) is 1. The number of amides is 1. The van der Waals surface area contributed by atoms with Gasteiger partial charge in [-0.1, -0.05) is 18.2 Å². The van der Waals surface area contributed by atoms with Crippen LogP contribution in [0.2, 0.25) is 0 Å². The van der Waals surface area contributed by atoms with Gasteiger partial charge in [0.1, 0.15) is 6.10 Å². The minimum Gasteiger partial charge on any atom is -0.370 e. The van der Waals surface area contributed by atoms with E-state index in [4.69, 9.17) is 4.74 Å². The quantitative estimate of drug-likeness (QED) is 0.865. The van der Waals surface area contributed by atoms with E-state index in [1.807, 2.05) is 6.07 Å². The molecule has 1 amide bonds. The third kappa shape index (κ3) is 3.73. The Morgan fingerprint density at radius 1 is 1.45 bits per heavy atom. The van der Waals surface area contributed by atoms with Crippen molar-refractivity contribution in [1.29, 1.82) is 0 Å². The molecule has 1 N–H and O–H groups in total. The first-order valence-electron chi connectivity index (χ1n) is 7.42. The van der Waals surface area contributed by atoms with Crippen molar-refractivity contribution in [2.24, 2.45) is 0 Å². The van der Waals surface area contributed by atoms with Gasteiger partial charge in [-0.15, -0.1) is 0 Å². The maximum absolute atomic E-state index is 11.9. The van der Waals surface area contributed by atoms with Gasteiger partial charge in [-0.25, -0.2) is 0 Å². The largest absolute Gasteiger partial charge is 0.370 e. The van der Waals surface area contributed by atoms with Crippen LogP contribution in [-0.4, -0.2) is 38.3 Å². The first kappa shape index (κ1) is 14.9. The highest BCUT2D eigenvalue weighted by atomic mass is 16.5. The highest BCUT2D eigenvalue weighted by molar-refractivity contribution is 5.81. The van der Waals surface area contributed by atoms with Crippen LogP contribution in [0.15, 0.2) is 24.3 Å². The number of hydrogen-bond donors (Lipinski definition) is 1. The summed E-state index contributed by atoms with van der Waals surface area (Å²) in [6.07, 6.45) is 1.60. The number of para-hydroxylation sites is 1. The Labute approximate surface area is 121 Å². The fourth-order valence-corrected chi connectivity index (χ4v) is 2.58. The number of nitrogens with one attached hydrogen (secondary N) is 1. The molecule has 0 unspecified atom stereocenters. The SMILES string of the molecule is CCN(CCNC(=O)[C@H]1CCCO1)c1ccccc1C. The van der Waals surface area contributed by atoms with E-state index < -0.39 is 0 Å². The van der Waals surface area contributed by atoms with Crippen LogP contribution in [0.25, 0.3) is 0 Å². The van der Waals surface area contributed by atoms with Crippen molar-refractivity contribution in [3.8, 4) is 0 Å². The number of aryl methyl sites for hydroxylation is 1. The van der Waals surface area contributed by atoms with Crippen LogP contribution in [0.5, 0.6) is 0 Å². The lowest BCUT2D eigenvalue weighted by molar-refractivity contribution is -0.129. The van der Waals surface area contributed by atoms with Crippen LogP contribution < -0.4 is 10.2 Å². The molecule has 1 aromatic rings. The van der Waals surface area contributed by atoms with Gasteiger partial charge >= 0.3 is 0 Å². The normalized spacial score (nSPS) is 18.0. The number of carbonyl (C=O) groups excluding carboxylic acids is 1. The van der Waals surface area contributed by atoms with Crippen molar-refractivity contribution < 1.29 is 9.53 Å². The summed E-state index contributed by atoms with van der Waals surface area (Å²) < 4.78 is 5.38. The summed E-state index contributed by atoms with van der Waals surface area (Å²) in [4.78, 5) is 14.1. The number of benzene rings is 1. The van der Waals surface area contributed by atoms with Gasteiger partial charge in [-0.3, -0.25) is 4.79 Å². The Morgan fingerprint density at radius 2 is 2.25 bits per heavy atom. The second-order valence-electron chi connectivity index (χ2n) is 5.16. The molecule has 0 saturated carbocycles. The lowest BCUT2D eigenvalue weighted by Gasteiger charge is -2.25. The average molecular weight is 276 g/mol. The predicted molar refractivity (Wildman–Crippen MR) is 81.0 cm³/mol. The van der Waals surface area contributed by atoms with Gasteiger partial charge in [-0.05, 0) is 38.3 Å². The topological polar surface area (TPSA) is 41.6 Å². The molecule has 1 aliphatic heterocycles. The van der Waals surface area contributed by atoms with Crippen molar-refractivity contribution >= 4 is 11.6 Å². The number of rotatable bonds is 6. The van der Waals surface area contributed by atoms with E-state index in [0.717, 1.165) is 25.9 Å². The van der Waals surface area contributed by atoms with Crippen molar-refractivity contribution in [1.82, 2.24) is 5.32 Å². The van der Waals surface area contributed by atoms with Gasteiger partial charge in [-0.2, -0.15) is 0 Å². The van der Waals surface area contributed by atoms with E-state index in [0.29, 0.717) is 13.2 Å². The number of likely N-dealkylation sites (N-methyl/N-ethyl adjacent to an activating group) is 1. The predicted octanol–water partition coefficient (Wildman–Crippen LogP) is 2.12. The molecular weight excluding hydrogens is 252 g/mol. The molecule has 1 heterocycles. The number of hydrogen-bond acceptors (Lipinski definition) is 3. The van der Waals surface area contributed by atoms with Crippen molar-refractivity contribution in [2.45, 2.75) is 32.8 Å². The molecular formula is C16H24N2O2. The van der Waals surface area contributed by atoms with Crippen molar-refractivity contribution in [2.75, 3.05) is 31.1 Å². The van der Waals surface area contributed by atoms with E-state index in [-0.39, 0.29) is 12.0 Å². The Hall–Kier alpha value is -1.55. The van der Waals surface area contributed by atoms with Crippen LogP contribution in [0.1, 0.15) is 25.3 Å². The second kappa shape index (κ2) is 7.29. The zero-order valence-electron chi connectivity index (χ0n) is 12.4. The Morgan fingerprint density at radius 3 is 2.90 bits per heavy atom. The summed E-state index contributed by atoms with van der Waals surface area (Å²) in [5.41, 5.74) is 2.50. The molecule has 1 aliphatic rings. The molecule has 0 bridgehead atoms.